The summed E-state index contributed by atoms with van der Waals surface area (Å²) in [4.78, 5) is 13.1. The molecule has 2 saturated heterocycles. The molecule has 2 aliphatic rings. The molecule has 11 atom stereocenters. The van der Waals surface area contributed by atoms with Gasteiger partial charge in [-0.3, -0.25) is 4.79 Å². The van der Waals surface area contributed by atoms with Gasteiger partial charge < -0.3 is 64.2 Å². The molecule has 0 spiro atoms. The van der Waals surface area contributed by atoms with Crippen LogP contribution in [0.25, 0.3) is 0 Å². The predicted octanol–water partition coefficient (Wildman–Crippen LogP) is 9.96. The molecule has 428 valence electrons. The smallest absolute Gasteiger partial charge is 0.306 e. The topological polar surface area (TPSA) is 214 Å². The number of hydrogen-bond donors (Lipinski definition) is 7. The van der Waals surface area contributed by atoms with Crippen LogP contribution in [0.5, 0.6) is 0 Å². The molecule has 14 heteroatoms. The second kappa shape index (κ2) is 46.7. The predicted molar refractivity (Wildman–Crippen MR) is 297 cm³/mol. The molecule has 0 aromatic heterocycles. The summed E-state index contributed by atoms with van der Waals surface area (Å²) in [6.45, 7) is 3.33. The average Bonchev–Trinajstić information content (AvgIpc) is 3.41. The number of ether oxygens (including phenoxy) is 6. The third-order valence-electron chi connectivity index (χ3n) is 12.8. The number of aliphatic hydroxyl groups is 7. The third kappa shape index (κ3) is 33.5. The van der Waals surface area contributed by atoms with Gasteiger partial charge in [0.15, 0.2) is 12.6 Å². The van der Waals surface area contributed by atoms with E-state index in [9.17, 15) is 40.5 Å². The second-order valence-corrected chi connectivity index (χ2v) is 19.3. The SMILES string of the molecule is CC/C=C\C/C=C\C/C=C\C/C=C\C/C=C\CCCCOCC(COC1OC(COC2OC(CO)C(O)C(O)C2O)C(O)C(O)C1O)OC(=O)CCCCCCCCCCCC/C=C\C/C=C\C/C=C\C/C=C\CC. The maximum absolute atomic E-state index is 13.1. The summed E-state index contributed by atoms with van der Waals surface area (Å²) in [6.07, 6.45) is 47.2. The Bertz CT molecular complexity index is 1650. The van der Waals surface area contributed by atoms with Gasteiger partial charge in [-0.05, 0) is 96.3 Å². The van der Waals surface area contributed by atoms with Crippen LogP contribution in [0.4, 0.5) is 0 Å². The van der Waals surface area contributed by atoms with Gasteiger partial charge in [0.1, 0.15) is 54.9 Å². The first-order valence-corrected chi connectivity index (χ1v) is 28.5. The molecule has 0 radical (unpaired) electrons. The molecule has 11 unspecified atom stereocenters. The monoisotopic (exact) mass is 1060 g/mol. The van der Waals surface area contributed by atoms with E-state index >= 15 is 0 Å². The molecule has 0 aromatic carbocycles. The van der Waals surface area contributed by atoms with Gasteiger partial charge in [0, 0.05) is 13.0 Å². The summed E-state index contributed by atoms with van der Waals surface area (Å²) in [5, 5.41) is 72.3. The minimum absolute atomic E-state index is 0.0233. The number of allylic oxidation sites excluding steroid dienone is 18. The van der Waals surface area contributed by atoms with Crippen molar-refractivity contribution < 1.29 is 69.0 Å². The van der Waals surface area contributed by atoms with Crippen molar-refractivity contribution in [1.82, 2.24) is 0 Å². The van der Waals surface area contributed by atoms with Crippen molar-refractivity contribution in [2.24, 2.45) is 0 Å². The second-order valence-electron chi connectivity index (χ2n) is 19.3. The van der Waals surface area contributed by atoms with Gasteiger partial charge in [0.05, 0.1) is 26.4 Å². The maximum Gasteiger partial charge on any atom is 0.306 e. The third-order valence-corrected chi connectivity index (χ3v) is 12.8. The van der Waals surface area contributed by atoms with E-state index < -0.39 is 86.7 Å². The lowest BCUT2D eigenvalue weighted by atomic mass is 9.98. The lowest BCUT2D eigenvalue weighted by Crippen LogP contribution is -2.61. The van der Waals surface area contributed by atoms with Gasteiger partial charge in [0.25, 0.3) is 0 Å². The van der Waals surface area contributed by atoms with Crippen molar-refractivity contribution in [3.8, 4) is 0 Å². The Morgan fingerprint density at radius 2 is 0.827 bits per heavy atom. The summed E-state index contributed by atoms with van der Waals surface area (Å²) in [5.41, 5.74) is 0. The van der Waals surface area contributed by atoms with Crippen LogP contribution in [-0.2, 0) is 33.2 Å². The number of unbranched alkanes of at least 4 members (excludes halogenated alkanes) is 12. The molecule has 75 heavy (non-hydrogen) atoms. The minimum atomic E-state index is -1.72. The molecule has 2 rings (SSSR count). The van der Waals surface area contributed by atoms with Gasteiger partial charge in [0.2, 0.25) is 0 Å². The first-order valence-electron chi connectivity index (χ1n) is 28.5. The van der Waals surface area contributed by atoms with Gasteiger partial charge in [-0.15, -0.1) is 0 Å². The van der Waals surface area contributed by atoms with Crippen LogP contribution < -0.4 is 0 Å². The summed E-state index contributed by atoms with van der Waals surface area (Å²) in [6, 6.07) is 0. The molecule has 2 heterocycles. The van der Waals surface area contributed by atoms with E-state index in [1.54, 1.807) is 0 Å². The zero-order valence-corrected chi connectivity index (χ0v) is 45.7. The summed E-state index contributed by atoms with van der Waals surface area (Å²) >= 11 is 0. The highest BCUT2D eigenvalue weighted by Crippen LogP contribution is 2.26. The summed E-state index contributed by atoms with van der Waals surface area (Å²) in [7, 11) is 0. The van der Waals surface area contributed by atoms with Crippen LogP contribution in [0.1, 0.15) is 168 Å². The Morgan fingerprint density at radius 3 is 1.29 bits per heavy atom. The zero-order valence-electron chi connectivity index (χ0n) is 45.7. The maximum atomic E-state index is 13.1. The number of rotatable bonds is 44. The van der Waals surface area contributed by atoms with Crippen LogP contribution in [0, 0.1) is 0 Å². The van der Waals surface area contributed by atoms with Crippen molar-refractivity contribution in [2.75, 3.05) is 33.0 Å². The number of aliphatic hydroxyl groups excluding tert-OH is 7. The molecule has 2 fully saturated rings. The van der Waals surface area contributed by atoms with E-state index in [-0.39, 0.29) is 19.6 Å². The molecular formula is C61H100O14. The quantitative estimate of drug-likeness (QED) is 0.0172. The van der Waals surface area contributed by atoms with E-state index in [4.69, 9.17) is 28.4 Å². The Morgan fingerprint density at radius 1 is 0.440 bits per heavy atom. The molecule has 2 aliphatic heterocycles. The summed E-state index contributed by atoms with van der Waals surface area (Å²) in [5.74, 6) is -0.401. The fraction of sp³-hybridized carbons (Fsp3) is 0.689. The number of carbonyl (C=O) groups is 1. The van der Waals surface area contributed by atoms with Crippen molar-refractivity contribution in [1.29, 1.82) is 0 Å². The van der Waals surface area contributed by atoms with E-state index in [2.05, 4.69) is 123 Å². The fourth-order valence-corrected chi connectivity index (χ4v) is 8.24. The van der Waals surface area contributed by atoms with E-state index in [1.165, 1.54) is 38.5 Å². The normalized spacial score (nSPS) is 25.5. The zero-order chi connectivity index (χ0) is 54.4. The molecule has 0 amide bonds. The number of esters is 1. The lowest BCUT2D eigenvalue weighted by Gasteiger charge is -2.42. The first kappa shape index (κ1) is 67.8. The van der Waals surface area contributed by atoms with Crippen LogP contribution >= 0.6 is 0 Å². The van der Waals surface area contributed by atoms with Crippen molar-refractivity contribution in [3.63, 3.8) is 0 Å². The summed E-state index contributed by atoms with van der Waals surface area (Å²) < 4.78 is 34.3. The van der Waals surface area contributed by atoms with Gasteiger partial charge in [-0.25, -0.2) is 0 Å². The fourth-order valence-electron chi connectivity index (χ4n) is 8.24. The number of carbonyl (C=O) groups excluding carboxylic acids is 1. The van der Waals surface area contributed by atoms with Crippen LogP contribution in [0.3, 0.4) is 0 Å². The Labute approximate surface area is 451 Å². The Balaban J connectivity index is 1.74. The van der Waals surface area contributed by atoms with Crippen molar-refractivity contribution in [2.45, 2.75) is 235 Å². The van der Waals surface area contributed by atoms with E-state index in [0.717, 1.165) is 103 Å². The van der Waals surface area contributed by atoms with Gasteiger partial charge in [-0.2, -0.15) is 0 Å². The standard InChI is InChI=1S/C61H100O14/c1-3-5-7-9-11-13-15-17-19-21-23-24-25-26-27-28-30-32-34-36-38-40-42-44-53(63)73-50(47-70-45-43-41-39-37-35-33-31-29-22-20-18-16-14-12-10-8-6-4-2)48-71-60-59(69)57(67)55(65)52(75-60)49-72-61-58(68)56(66)54(64)51(46-62)74-61/h5-8,11-14,17-20,23-24,29,31,35,37,50-52,54-62,64-69H,3-4,9-10,15-16,21-22,25-28,30,32-34,36,38-49H2,1-2H3/b7-5-,8-6-,13-11-,14-12-,19-17-,20-18-,24-23-,31-29-,37-35-. The van der Waals surface area contributed by atoms with Crippen LogP contribution in [0.15, 0.2) is 109 Å². The van der Waals surface area contributed by atoms with Crippen LogP contribution in [-0.4, -0.2) is 142 Å². The largest absolute Gasteiger partial charge is 0.457 e. The van der Waals surface area contributed by atoms with Gasteiger partial charge in [-0.1, -0.05) is 175 Å². The molecule has 0 aromatic rings. The molecule has 14 nitrogen and oxygen atoms in total. The molecule has 0 bridgehead atoms. The Kier molecular flexibility index (Phi) is 42.2. The molecule has 0 saturated carbocycles. The highest BCUT2D eigenvalue weighted by atomic mass is 16.7. The lowest BCUT2D eigenvalue weighted by molar-refractivity contribution is -0.332. The van der Waals surface area contributed by atoms with Gasteiger partial charge >= 0.3 is 5.97 Å². The first-order chi connectivity index (χ1) is 36.6. The minimum Gasteiger partial charge on any atom is -0.457 e. The van der Waals surface area contributed by atoms with Crippen molar-refractivity contribution >= 4 is 5.97 Å². The molecular weight excluding hydrogens is 957 g/mol. The average molecular weight is 1060 g/mol. The van der Waals surface area contributed by atoms with Crippen molar-refractivity contribution in [3.05, 3.63) is 109 Å². The highest BCUT2D eigenvalue weighted by molar-refractivity contribution is 5.69. The van der Waals surface area contributed by atoms with E-state index in [0.29, 0.717) is 13.0 Å². The molecule has 0 aliphatic carbocycles. The Hall–Kier alpha value is -3.35. The number of hydrogen-bond acceptors (Lipinski definition) is 14. The molecule has 7 N–H and O–H groups in total. The highest BCUT2D eigenvalue weighted by Gasteiger charge is 2.47. The van der Waals surface area contributed by atoms with Crippen LogP contribution in [0.2, 0.25) is 0 Å². The van der Waals surface area contributed by atoms with E-state index in [1.807, 2.05) is 0 Å².